The zero-order valence-corrected chi connectivity index (χ0v) is 33.6. The average Bonchev–Trinajstić information content (AvgIpc) is 3.95. The van der Waals surface area contributed by atoms with Gasteiger partial charge >= 0.3 is 0 Å². The van der Waals surface area contributed by atoms with Crippen LogP contribution in [-0.2, 0) is 0 Å². The molecule has 62 heavy (non-hydrogen) atoms. The molecule has 5 heteroatoms. The molecule has 4 nitrogen and oxygen atoms in total. The Labute approximate surface area is 375 Å². The molecule has 3 heterocycles. The molecule has 0 aliphatic rings. The highest BCUT2D eigenvalue weighted by atomic mass is 32.1. The molecule has 0 aliphatic heterocycles. The predicted molar refractivity (Wildman–Crippen MR) is 260 cm³/mol. The van der Waals surface area contributed by atoms with Crippen LogP contribution < -0.4 is 0 Å². The van der Waals surface area contributed by atoms with E-state index in [0.29, 0.717) is 22.3 Å². The molecule has 0 radical (unpaired) electrons. The van der Waals surface area contributed by atoms with Crippen molar-refractivity contribution < 1.29 is 12.3 Å². The molecular formula is C57H36N4S. The fraction of sp³-hybridized carbons (Fsp3) is 0. The Balaban J connectivity index is 1.21. The lowest BCUT2D eigenvalue weighted by Gasteiger charge is -2.13. The fourth-order valence-corrected chi connectivity index (χ4v) is 9.66. The quantitative estimate of drug-likeness (QED) is 0.161. The second kappa shape index (κ2) is 14.9. The molecule has 9 aromatic carbocycles. The zero-order chi connectivity index (χ0) is 48.8. The van der Waals surface area contributed by atoms with Crippen LogP contribution in [0.15, 0.2) is 218 Å². The lowest BCUT2D eigenvalue weighted by Crippen LogP contribution is -2.01. The standard InChI is InChI=1S/C57H36N4S/c1-5-17-37(18-6-1)41-25-15-26-43(33-41)45-28-16-29-48-49-35-44(61-51-30-14-13-27-46(51)47-32-31-42(34-52(47)61)38-19-7-2-8-20-38)36-50(54(49)62-53(45)48)57-59-55(39-21-9-3-10-22-39)58-56(60-57)40-23-11-4-12-24-40/h1-36H/i3D,9D,10D,15D,21D,22D,25D,26D,33D. The second-order valence-corrected chi connectivity index (χ2v) is 15.9. The first-order valence-electron chi connectivity index (χ1n) is 24.6. The monoisotopic (exact) mass is 817 g/mol. The second-order valence-electron chi connectivity index (χ2n) is 14.9. The molecule has 0 aliphatic carbocycles. The number of aromatic nitrogens is 4. The normalized spacial score (nSPS) is 13.6. The van der Waals surface area contributed by atoms with Crippen LogP contribution >= 0.6 is 11.3 Å². The third-order valence-electron chi connectivity index (χ3n) is 11.2. The van der Waals surface area contributed by atoms with Gasteiger partial charge in [0.25, 0.3) is 0 Å². The van der Waals surface area contributed by atoms with Gasteiger partial charge in [-0.25, -0.2) is 15.0 Å². The van der Waals surface area contributed by atoms with Crippen molar-refractivity contribution in [3.05, 3.63) is 218 Å². The Kier molecular flexibility index (Phi) is 6.67. The highest BCUT2D eigenvalue weighted by Gasteiger charge is 2.22. The van der Waals surface area contributed by atoms with Crippen molar-refractivity contribution in [1.82, 2.24) is 19.5 Å². The third-order valence-corrected chi connectivity index (χ3v) is 12.5. The molecule has 12 aromatic rings. The summed E-state index contributed by atoms with van der Waals surface area (Å²) in [6.45, 7) is 0. The Morgan fingerprint density at radius 2 is 0.968 bits per heavy atom. The summed E-state index contributed by atoms with van der Waals surface area (Å²) in [6.07, 6.45) is 0. The molecule has 0 unspecified atom stereocenters. The number of fused-ring (bicyclic) bond motifs is 6. The maximum Gasteiger partial charge on any atom is 0.165 e. The lowest BCUT2D eigenvalue weighted by atomic mass is 9.97. The first-order valence-corrected chi connectivity index (χ1v) is 20.9. The van der Waals surface area contributed by atoms with Crippen molar-refractivity contribution in [2.24, 2.45) is 0 Å². The smallest absolute Gasteiger partial charge is 0.165 e. The van der Waals surface area contributed by atoms with Crippen LogP contribution in [0.4, 0.5) is 0 Å². The Bertz CT molecular complexity index is 4130. The van der Waals surface area contributed by atoms with Crippen molar-refractivity contribution in [3.63, 3.8) is 0 Å². The summed E-state index contributed by atoms with van der Waals surface area (Å²) in [5.41, 5.74) is 7.43. The SMILES string of the molecule is [2H]c1c([2H])c([2H])c(-c2nc(-c3ccccc3)nc(-c3cc(-n4c5ccccc5c5ccc(-c6ccccc6)cc54)cc4c3sc3c(-c5c([2H])c([2H])c([2H])c(-c6ccccc6)c5[2H])cccc34)n2)c([2H])c1[2H]. The van der Waals surface area contributed by atoms with Gasteiger partial charge < -0.3 is 4.57 Å². The predicted octanol–water partition coefficient (Wildman–Crippen LogP) is 15.3. The van der Waals surface area contributed by atoms with Gasteiger partial charge in [0.05, 0.1) is 23.4 Å². The minimum atomic E-state index is -0.532. The molecular weight excluding hydrogens is 773 g/mol. The van der Waals surface area contributed by atoms with Crippen LogP contribution in [0.1, 0.15) is 12.3 Å². The van der Waals surface area contributed by atoms with Gasteiger partial charge in [0, 0.05) is 53.3 Å². The Hall–Kier alpha value is -7.99. The van der Waals surface area contributed by atoms with Crippen molar-refractivity contribution in [2.75, 3.05) is 0 Å². The number of hydrogen-bond donors (Lipinski definition) is 0. The fourth-order valence-electron chi connectivity index (χ4n) is 8.35. The minimum Gasteiger partial charge on any atom is -0.309 e. The van der Waals surface area contributed by atoms with Crippen LogP contribution in [0.2, 0.25) is 0 Å². The van der Waals surface area contributed by atoms with E-state index in [9.17, 15) is 2.74 Å². The van der Waals surface area contributed by atoms with E-state index in [1.54, 1.807) is 12.1 Å². The molecule has 0 saturated carbocycles. The van der Waals surface area contributed by atoms with E-state index in [2.05, 4.69) is 53.1 Å². The summed E-state index contributed by atoms with van der Waals surface area (Å²) < 4.78 is 84.0. The third kappa shape index (κ3) is 6.18. The number of benzene rings is 9. The molecule has 0 atom stereocenters. The van der Waals surface area contributed by atoms with Crippen molar-refractivity contribution in [1.29, 1.82) is 0 Å². The van der Waals surface area contributed by atoms with Gasteiger partial charge in [-0.15, -0.1) is 11.3 Å². The van der Waals surface area contributed by atoms with Gasteiger partial charge in [-0.1, -0.05) is 188 Å². The molecule has 12 rings (SSSR count). The molecule has 0 amide bonds. The molecule has 0 N–H and O–H groups in total. The molecule has 3 aromatic heterocycles. The van der Waals surface area contributed by atoms with Crippen molar-refractivity contribution >= 4 is 53.3 Å². The maximum atomic E-state index is 9.62. The summed E-state index contributed by atoms with van der Waals surface area (Å²) in [7, 11) is 0. The summed E-state index contributed by atoms with van der Waals surface area (Å²) in [5.74, 6) is 0.319. The van der Waals surface area contributed by atoms with E-state index in [4.69, 9.17) is 24.5 Å². The Morgan fingerprint density at radius 3 is 1.74 bits per heavy atom. The minimum absolute atomic E-state index is 0.0270. The highest BCUT2D eigenvalue weighted by molar-refractivity contribution is 7.26. The van der Waals surface area contributed by atoms with E-state index >= 15 is 0 Å². The van der Waals surface area contributed by atoms with Gasteiger partial charge in [-0.3, -0.25) is 0 Å². The van der Waals surface area contributed by atoms with Crippen LogP contribution in [0.25, 0.3) is 115 Å². The summed E-state index contributed by atoms with van der Waals surface area (Å²) in [4.78, 5) is 15.0. The van der Waals surface area contributed by atoms with Gasteiger partial charge in [-0.05, 0) is 63.7 Å². The maximum absolute atomic E-state index is 9.62. The van der Waals surface area contributed by atoms with E-state index in [-0.39, 0.29) is 58.3 Å². The van der Waals surface area contributed by atoms with Gasteiger partial charge in [0.2, 0.25) is 0 Å². The molecule has 0 fully saturated rings. The van der Waals surface area contributed by atoms with Crippen molar-refractivity contribution in [2.45, 2.75) is 0 Å². The summed E-state index contributed by atoms with van der Waals surface area (Å²) in [6, 6.07) is 50.0. The van der Waals surface area contributed by atoms with E-state index < -0.39 is 30.2 Å². The molecule has 0 saturated heterocycles. The van der Waals surface area contributed by atoms with Crippen LogP contribution in [-0.4, -0.2) is 19.5 Å². The number of thiophene rings is 1. The van der Waals surface area contributed by atoms with E-state index in [0.717, 1.165) is 58.8 Å². The number of hydrogen-bond acceptors (Lipinski definition) is 4. The van der Waals surface area contributed by atoms with Gasteiger partial charge in [0.1, 0.15) is 0 Å². The number of para-hydroxylation sites is 1. The van der Waals surface area contributed by atoms with Crippen LogP contribution in [0, 0.1) is 0 Å². The van der Waals surface area contributed by atoms with Gasteiger partial charge in [0.15, 0.2) is 17.5 Å². The summed E-state index contributed by atoms with van der Waals surface area (Å²) >= 11 is 1.42. The van der Waals surface area contributed by atoms with Crippen molar-refractivity contribution in [3.8, 4) is 73.2 Å². The molecule has 290 valence electrons. The molecule has 0 bridgehead atoms. The van der Waals surface area contributed by atoms with E-state index in [1.807, 2.05) is 103 Å². The first kappa shape index (κ1) is 27.7. The lowest BCUT2D eigenvalue weighted by molar-refractivity contribution is 1.07. The first-order chi connectivity index (χ1) is 34.5. The number of nitrogens with zero attached hydrogens (tertiary/aromatic N) is 4. The van der Waals surface area contributed by atoms with Crippen LogP contribution in [0.5, 0.6) is 0 Å². The summed E-state index contributed by atoms with van der Waals surface area (Å²) in [5, 5.41) is 3.69. The topological polar surface area (TPSA) is 43.6 Å². The largest absolute Gasteiger partial charge is 0.309 e. The average molecular weight is 818 g/mol. The van der Waals surface area contributed by atoms with Crippen LogP contribution in [0.3, 0.4) is 0 Å². The van der Waals surface area contributed by atoms with Gasteiger partial charge in [-0.2, -0.15) is 0 Å². The number of rotatable bonds is 7. The Morgan fingerprint density at radius 1 is 0.371 bits per heavy atom. The zero-order valence-electron chi connectivity index (χ0n) is 41.8. The highest BCUT2D eigenvalue weighted by Crippen LogP contribution is 2.46. The molecule has 0 spiro atoms. The van der Waals surface area contributed by atoms with E-state index in [1.165, 1.54) is 11.3 Å².